The Hall–Kier alpha value is -2.19. The highest BCUT2D eigenvalue weighted by atomic mass is 31.1. The third kappa shape index (κ3) is 2.70. The second-order valence-corrected chi connectivity index (χ2v) is 5.48. The van der Waals surface area contributed by atoms with E-state index in [9.17, 15) is 9.36 Å². The Kier molecular flexibility index (Phi) is 4.49. The molecule has 0 amide bonds. The minimum Gasteiger partial charge on any atom is -0.496 e. The van der Waals surface area contributed by atoms with Crippen LogP contribution in [0.25, 0.3) is 0 Å². The fourth-order valence-corrected chi connectivity index (χ4v) is 2.95. The molecule has 2 aromatic carbocycles. The molecule has 0 fully saturated rings. The summed E-state index contributed by atoms with van der Waals surface area (Å²) in [5, 5.41) is 0.487. The summed E-state index contributed by atoms with van der Waals surface area (Å²) in [6, 6.07) is 13.6. The van der Waals surface area contributed by atoms with Crippen LogP contribution in [0.2, 0.25) is 0 Å². The largest absolute Gasteiger partial charge is 0.496 e. The number of rotatable bonds is 5. The van der Waals surface area contributed by atoms with E-state index in [-0.39, 0.29) is 5.56 Å². The number of ether oxygens (including phenoxy) is 2. The molecule has 0 radical (unpaired) electrons. The first-order valence-electron chi connectivity index (χ1n) is 5.96. The van der Waals surface area contributed by atoms with Gasteiger partial charge in [0, 0.05) is 0 Å². The lowest BCUT2D eigenvalue weighted by Crippen LogP contribution is -2.07. The highest BCUT2D eigenvalue weighted by Gasteiger charge is 2.37. The van der Waals surface area contributed by atoms with Crippen molar-refractivity contribution >= 4 is 18.6 Å². The molecule has 4 nitrogen and oxygen atoms in total. The smallest absolute Gasteiger partial charge is 0.458 e. The van der Waals surface area contributed by atoms with E-state index in [0.717, 1.165) is 0 Å². The zero-order valence-electron chi connectivity index (χ0n) is 11.2. The lowest BCUT2D eigenvalue weighted by molar-refractivity contribution is 0.107. The second kappa shape index (κ2) is 6.31. The third-order valence-corrected chi connectivity index (χ3v) is 4.18. The van der Waals surface area contributed by atoms with Crippen molar-refractivity contribution in [1.29, 1.82) is 0 Å². The summed E-state index contributed by atoms with van der Waals surface area (Å²) in [7, 11) is 0.713. The SMILES string of the molecule is COc1cccc(OC)c1C(=O)[P+](=O)c1ccccc1. The van der Waals surface area contributed by atoms with Crippen LogP contribution in [0.5, 0.6) is 11.5 Å². The van der Waals surface area contributed by atoms with Crippen LogP contribution in [-0.2, 0) is 4.57 Å². The lowest BCUT2D eigenvalue weighted by Gasteiger charge is -2.07. The van der Waals surface area contributed by atoms with Gasteiger partial charge in [-0.15, -0.1) is 0 Å². The van der Waals surface area contributed by atoms with Crippen LogP contribution in [0.1, 0.15) is 10.4 Å². The van der Waals surface area contributed by atoms with Crippen molar-refractivity contribution < 1.29 is 18.8 Å². The first-order valence-corrected chi connectivity index (χ1v) is 7.22. The van der Waals surface area contributed by atoms with Crippen molar-refractivity contribution in [1.82, 2.24) is 0 Å². The quantitative estimate of drug-likeness (QED) is 0.794. The van der Waals surface area contributed by atoms with Crippen molar-refractivity contribution in [2.24, 2.45) is 0 Å². The maximum absolute atomic E-state index is 12.5. The summed E-state index contributed by atoms with van der Waals surface area (Å²) in [5.41, 5.74) is -0.289. The van der Waals surface area contributed by atoms with Crippen molar-refractivity contribution in [2.75, 3.05) is 14.2 Å². The summed E-state index contributed by atoms with van der Waals surface area (Å²) in [4.78, 5) is 12.5. The minimum atomic E-state index is -2.21. The molecule has 0 aromatic heterocycles. The number of hydrogen-bond donors (Lipinski definition) is 0. The van der Waals surface area contributed by atoms with Gasteiger partial charge >= 0.3 is 13.3 Å². The van der Waals surface area contributed by atoms with Crippen molar-refractivity contribution in [2.45, 2.75) is 0 Å². The lowest BCUT2D eigenvalue weighted by atomic mass is 10.2. The van der Waals surface area contributed by atoms with Gasteiger partial charge in [0.25, 0.3) is 0 Å². The maximum Gasteiger partial charge on any atom is 0.458 e. The van der Waals surface area contributed by atoms with Crippen molar-refractivity contribution in [3.8, 4) is 11.5 Å². The summed E-state index contributed by atoms with van der Waals surface area (Å²) >= 11 is 0. The highest BCUT2D eigenvalue weighted by Crippen LogP contribution is 2.36. The van der Waals surface area contributed by atoms with Gasteiger partial charge in [0.2, 0.25) is 0 Å². The van der Waals surface area contributed by atoms with Gasteiger partial charge in [0.1, 0.15) is 11.5 Å². The van der Waals surface area contributed by atoms with Crippen LogP contribution >= 0.6 is 7.80 Å². The number of carbonyl (C=O) groups is 1. The summed E-state index contributed by atoms with van der Waals surface area (Å²) in [5.74, 6) is 0.710. The Balaban J connectivity index is 2.46. The predicted octanol–water partition coefficient (Wildman–Crippen LogP) is 3.00. The van der Waals surface area contributed by atoms with Crippen LogP contribution in [0.15, 0.2) is 48.5 Å². The molecule has 0 saturated carbocycles. The van der Waals surface area contributed by atoms with Gasteiger partial charge in [0.15, 0.2) is 10.9 Å². The first kappa shape index (κ1) is 14.2. The second-order valence-electron chi connectivity index (χ2n) is 3.97. The van der Waals surface area contributed by atoms with Gasteiger partial charge in [-0.25, -0.2) is 4.79 Å². The Morgan fingerprint density at radius 3 is 1.95 bits per heavy atom. The van der Waals surface area contributed by atoms with Crippen molar-refractivity contribution in [3.63, 3.8) is 0 Å². The van der Waals surface area contributed by atoms with Crippen LogP contribution in [0.3, 0.4) is 0 Å². The van der Waals surface area contributed by atoms with Gasteiger partial charge in [-0.05, 0) is 24.3 Å². The predicted molar refractivity (Wildman–Crippen MR) is 77.6 cm³/mol. The van der Waals surface area contributed by atoms with Crippen LogP contribution in [0.4, 0.5) is 0 Å². The summed E-state index contributed by atoms with van der Waals surface area (Å²) in [6.07, 6.45) is 0. The molecule has 2 rings (SSSR count). The first-order chi connectivity index (χ1) is 9.69. The Morgan fingerprint density at radius 2 is 1.45 bits per heavy atom. The molecule has 0 aliphatic heterocycles. The minimum absolute atomic E-state index is 0.211. The standard InChI is InChI=1S/C15H14O4P/c1-18-12-9-6-10-13(19-2)14(12)15(16)20(17)11-7-4-3-5-8-11/h3-10H,1-2H3/q+1. The number of carbonyl (C=O) groups excluding carboxylic acids is 1. The van der Waals surface area contributed by atoms with E-state index in [1.165, 1.54) is 14.2 Å². The molecule has 0 N–H and O–H groups in total. The zero-order valence-corrected chi connectivity index (χ0v) is 12.1. The average Bonchev–Trinajstić information content (AvgIpc) is 2.53. The molecule has 0 heterocycles. The molecular weight excluding hydrogens is 275 g/mol. The maximum atomic E-state index is 12.5. The van der Waals surface area contributed by atoms with Gasteiger partial charge in [0.05, 0.1) is 14.2 Å². The van der Waals surface area contributed by atoms with Crippen molar-refractivity contribution in [3.05, 3.63) is 54.1 Å². The van der Waals surface area contributed by atoms with E-state index < -0.39 is 13.3 Å². The summed E-state index contributed by atoms with van der Waals surface area (Å²) < 4.78 is 22.7. The molecule has 0 saturated heterocycles. The molecule has 0 aliphatic rings. The Bertz CT molecular complexity index is 615. The van der Waals surface area contributed by atoms with E-state index in [0.29, 0.717) is 16.8 Å². The number of methoxy groups -OCH3 is 2. The normalized spacial score (nSPS) is 10.8. The molecule has 1 unspecified atom stereocenters. The molecule has 0 aliphatic carbocycles. The monoisotopic (exact) mass is 289 g/mol. The third-order valence-electron chi connectivity index (χ3n) is 2.82. The highest BCUT2D eigenvalue weighted by molar-refractivity contribution is 7.71. The molecule has 20 heavy (non-hydrogen) atoms. The average molecular weight is 289 g/mol. The molecule has 5 heteroatoms. The molecule has 2 aromatic rings. The van der Waals surface area contributed by atoms with Crippen LogP contribution < -0.4 is 14.8 Å². The molecule has 0 bridgehead atoms. The zero-order chi connectivity index (χ0) is 14.5. The van der Waals surface area contributed by atoms with Crippen LogP contribution in [-0.4, -0.2) is 19.7 Å². The molecular formula is C15H14O4P+. The Morgan fingerprint density at radius 1 is 0.900 bits per heavy atom. The van der Waals surface area contributed by atoms with Crippen LogP contribution in [0, 0.1) is 0 Å². The topological polar surface area (TPSA) is 52.6 Å². The van der Waals surface area contributed by atoms with E-state index in [2.05, 4.69) is 0 Å². The fourth-order valence-electron chi connectivity index (χ4n) is 1.84. The molecule has 102 valence electrons. The Labute approximate surface area is 118 Å². The van der Waals surface area contributed by atoms with E-state index in [1.54, 1.807) is 48.5 Å². The molecule has 0 spiro atoms. The number of hydrogen-bond acceptors (Lipinski definition) is 4. The number of benzene rings is 2. The summed E-state index contributed by atoms with van der Waals surface area (Å²) in [6.45, 7) is 0. The van der Waals surface area contributed by atoms with Gasteiger partial charge < -0.3 is 9.47 Å². The van der Waals surface area contributed by atoms with Gasteiger partial charge in [-0.1, -0.05) is 28.8 Å². The fraction of sp³-hybridized carbons (Fsp3) is 0.133. The van der Waals surface area contributed by atoms with E-state index >= 15 is 0 Å². The van der Waals surface area contributed by atoms with E-state index in [4.69, 9.17) is 9.47 Å². The molecule has 1 atom stereocenters. The van der Waals surface area contributed by atoms with Gasteiger partial charge in [-0.3, -0.25) is 0 Å². The van der Waals surface area contributed by atoms with Gasteiger partial charge in [-0.2, -0.15) is 0 Å². The van der Waals surface area contributed by atoms with E-state index in [1.807, 2.05) is 0 Å².